The summed E-state index contributed by atoms with van der Waals surface area (Å²) in [5.41, 5.74) is 5.84. The van der Waals surface area contributed by atoms with Crippen LogP contribution in [0.25, 0.3) is 0 Å². The van der Waals surface area contributed by atoms with Crippen molar-refractivity contribution in [1.29, 1.82) is 0 Å². The minimum atomic E-state index is 0. The molecular weight excluding hydrogens is 264 g/mol. The van der Waals surface area contributed by atoms with Gasteiger partial charge in [-0.2, -0.15) is 0 Å². The number of rotatable bonds is 4. The maximum absolute atomic E-state index is 12.2. The summed E-state index contributed by atoms with van der Waals surface area (Å²) < 4.78 is 5.37. The van der Waals surface area contributed by atoms with Crippen molar-refractivity contribution in [1.82, 2.24) is 5.32 Å². The summed E-state index contributed by atoms with van der Waals surface area (Å²) in [6.45, 7) is 1.94. The van der Waals surface area contributed by atoms with Gasteiger partial charge in [-0.1, -0.05) is 19.3 Å². The minimum absolute atomic E-state index is 0. The van der Waals surface area contributed by atoms with Gasteiger partial charge in [0.2, 0.25) is 5.91 Å². The van der Waals surface area contributed by atoms with Crippen LogP contribution in [0, 0.1) is 11.8 Å². The van der Waals surface area contributed by atoms with Crippen molar-refractivity contribution in [3.05, 3.63) is 0 Å². The Balaban J connectivity index is 0.00000180. The van der Waals surface area contributed by atoms with Gasteiger partial charge in [-0.05, 0) is 31.6 Å². The van der Waals surface area contributed by atoms with Gasteiger partial charge in [0.1, 0.15) is 0 Å². The molecule has 2 atom stereocenters. The molecule has 2 fully saturated rings. The molecule has 0 aromatic carbocycles. The number of nitrogens with two attached hydrogens (primary N) is 1. The number of carbonyl (C=O) groups is 1. The Morgan fingerprint density at radius 3 is 2.53 bits per heavy atom. The van der Waals surface area contributed by atoms with Gasteiger partial charge in [-0.3, -0.25) is 4.79 Å². The van der Waals surface area contributed by atoms with Crippen LogP contribution in [-0.4, -0.2) is 31.7 Å². The van der Waals surface area contributed by atoms with E-state index in [-0.39, 0.29) is 30.3 Å². The Morgan fingerprint density at radius 1 is 1.21 bits per heavy atom. The molecule has 1 aliphatic carbocycles. The Labute approximate surface area is 122 Å². The van der Waals surface area contributed by atoms with Gasteiger partial charge in [0, 0.05) is 19.2 Å². The van der Waals surface area contributed by atoms with E-state index in [1.165, 1.54) is 32.1 Å². The summed E-state index contributed by atoms with van der Waals surface area (Å²) in [5, 5.41) is 3.16. The van der Waals surface area contributed by atoms with Crippen molar-refractivity contribution in [2.45, 2.75) is 51.0 Å². The van der Waals surface area contributed by atoms with Crippen molar-refractivity contribution >= 4 is 18.3 Å². The average Bonchev–Trinajstić information content (AvgIpc) is 2.46. The first-order chi connectivity index (χ1) is 8.81. The fourth-order valence-electron chi connectivity index (χ4n) is 3.15. The van der Waals surface area contributed by atoms with Crippen LogP contribution in [0.3, 0.4) is 0 Å². The van der Waals surface area contributed by atoms with E-state index in [4.69, 9.17) is 10.5 Å². The third-order valence-corrected chi connectivity index (χ3v) is 4.33. The quantitative estimate of drug-likeness (QED) is 0.831. The molecule has 0 aromatic rings. The van der Waals surface area contributed by atoms with Crippen LogP contribution in [0.4, 0.5) is 0 Å². The Hall–Kier alpha value is -0.320. The van der Waals surface area contributed by atoms with Gasteiger partial charge < -0.3 is 15.8 Å². The lowest BCUT2D eigenvalue weighted by atomic mass is 9.83. The predicted molar refractivity (Wildman–Crippen MR) is 78.4 cm³/mol. The molecule has 0 aromatic heterocycles. The van der Waals surface area contributed by atoms with Crippen LogP contribution >= 0.6 is 12.4 Å². The molecule has 1 amide bonds. The fourth-order valence-corrected chi connectivity index (χ4v) is 3.15. The maximum Gasteiger partial charge on any atom is 0.225 e. The molecule has 4 nitrogen and oxygen atoms in total. The lowest BCUT2D eigenvalue weighted by Crippen LogP contribution is -2.49. The molecule has 1 heterocycles. The summed E-state index contributed by atoms with van der Waals surface area (Å²) >= 11 is 0. The second-order valence-electron chi connectivity index (χ2n) is 5.66. The van der Waals surface area contributed by atoms with Gasteiger partial charge in [0.15, 0.2) is 0 Å². The molecule has 1 saturated heterocycles. The van der Waals surface area contributed by atoms with Crippen molar-refractivity contribution in [3.63, 3.8) is 0 Å². The molecule has 0 spiro atoms. The largest absolute Gasteiger partial charge is 0.381 e. The summed E-state index contributed by atoms with van der Waals surface area (Å²) in [6, 6.07) is 0.166. The molecule has 1 saturated carbocycles. The van der Waals surface area contributed by atoms with Crippen molar-refractivity contribution in [2.24, 2.45) is 17.6 Å². The van der Waals surface area contributed by atoms with E-state index in [2.05, 4.69) is 5.32 Å². The van der Waals surface area contributed by atoms with E-state index < -0.39 is 0 Å². The molecule has 19 heavy (non-hydrogen) atoms. The highest BCUT2D eigenvalue weighted by Gasteiger charge is 2.28. The number of hydrogen-bond acceptors (Lipinski definition) is 3. The van der Waals surface area contributed by atoms with Gasteiger partial charge in [0.05, 0.1) is 12.5 Å². The molecule has 3 N–H and O–H groups in total. The lowest BCUT2D eigenvalue weighted by Gasteiger charge is -2.32. The standard InChI is InChI=1S/C14H26N2O2.ClH/c15-9-13(11-5-2-1-3-6-11)16-14(17)12-7-4-8-18-10-12;/h11-13H,1-10,15H2,(H,16,17);1H. The number of halogens is 1. The highest BCUT2D eigenvalue weighted by Crippen LogP contribution is 2.26. The van der Waals surface area contributed by atoms with Crippen LogP contribution in [0.2, 0.25) is 0 Å². The normalized spacial score (nSPS) is 26.3. The van der Waals surface area contributed by atoms with Crippen molar-refractivity contribution in [3.8, 4) is 0 Å². The molecule has 5 heteroatoms. The van der Waals surface area contributed by atoms with E-state index >= 15 is 0 Å². The van der Waals surface area contributed by atoms with E-state index in [1.54, 1.807) is 0 Å². The first kappa shape index (κ1) is 16.7. The minimum Gasteiger partial charge on any atom is -0.381 e. The zero-order valence-electron chi connectivity index (χ0n) is 11.6. The Kier molecular flexibility index (Phi) is 7.73. The smallest absolute Gasteiger partial charge is 0.225 e. The van der Waals surface area contributed by atoms with Crippen LogP contribution in [0.5, 0.6) is 0 Å². The average molecular weight is 291 g/mol. The van der Waals surface area contributed by atoms with E-state index in [0.29, 0.717) is 19.1 Å². The molecule has 0 radical (unpaired) electrons. The third kappa shape index (κ3) is 4.93. The molecule has 2 rings (SSSR count). The van der Waals surface area contributed by atoms with Gasteiger partial charge in [-0.15, -0.1) is 12.4 Å². The van der Waals surface area contributed by atoms with E-state index in [1.807, 2.05) is 0 Å². The molecular formula is C14H27ClN2O2. The third-order valence-electron chi connectivity index (χ3n) is 4.33. The monoisotopic (exact) mass is 290 g/mol. The molecule has 2 unspecified atom stereocenters. The van der Waals surface area contributed by atoms with Gasteiger partial charge in [0.25, 0.3) is 0 Å². The van der Waals surface area contributed by atoms with Crippen LogP contribution in [-0.2, 0) is 9.53 Å². The Bertz CT molecular complexity index is 264. The van der Waals surface area contributed by atoms with Crippen LogP contribution in [0.1, 0.15) is 44.9 Å². The SMILES string of the molecule is Cl.NCC(NC(=O)C1CCCOC1)C1CCCCC1. The fraction of sp³-hybridized carbons (Fsp3) is 0.929. The maximum atomic E-state index is 12.2. The molecule has 0 bridgehead atoms. The zero-order chi connectivity index (χ0) is 12.8. The topological polar surface area (TPSA) is 64.3 Å². The van der Waals surface area contributed by atoms with Gasteiger partial charge in [-0.25, -0.2) is 0 Å². The van der Waals surface area contributed by atoms with Crippen LogP contribution in [0.15, 0.2) is 0 Å². The zero-order valence-corrected chi connectivity index (χ0v) is 12.4. The van der Waals surface area contributed by atoms with Crippen molar-refractivity contribution < 1.29 is 9.53 Å². The summed E-state index contributed by atoms with van der Waals surface area (Å²) in [7, 11) is 0. The second kappa shape index (κ2) is 8.77. The van der Waals surface area contributed by atoms with E-state index in [9.17, 15) is 4.79 Å². The van der Waals surface area contributed by atoms with E-state index in [0.717, 1.165) is 19.4 Å². The van der Waals surface area contributed by atoms with Crippen molar-refractivity contribution in [2.75, 3.05) is 19.8 Å². The molecule has 1 aliphatic heterocycles. The number of nitrogens with one attached hydrogen (secondary N) is 1. The first-order valence-corrected chi connectivity index (χ1v) is 7.39. The molecule has 112 valence electrons. The number of carbonyl (C=O) groups excluding carboxylic acids is 1. The lowest BCUT2D eigenvalue weighted by molar-refractivity contribution is -0.130. The highest BCUT2D eigenvalue weighted by atomic mass is 35.5. The summed E-state index contributed by atoms with van der Waals surface area (Å²) in [4.78, 5) is 12.2. The summed E-state index contributed by atoms with van der Waals surface area (Å²) in [5.74, 6) is 0.768. The number of hydrogen-bond donors (Lipinski definition) is 2. The Morgan fingerprint density at radius 2 is 1.95 bits per heavy atom. The summed E-state index contributed by atoms with van der Waals surface area (Å²) in [6.07, 6.45) is 8.26. The van der Waals surface area contributed by atoms with Crippen LogP contribution < -0.4 is 11.1 Å². The van der Waals surface area contributed by atoms with Gasteiger partial charge >= 0.3 is 0 Å². The first-order valence-electron chi connectivity index (χ1n) is 7.39. The highest BCUT2D eigenvalue weighted by molar-refractivity contribution is 5.85. The molecule has 2 aliphatic rings. The second-order valence-corrected chi connectivity index (χ2v) is 5.66. The number of amides is 1. The number of ether oxygens (including phenoxy) is 1. The predicted octanol–water partition coefficient (Wildman–Crippen LogP) is 1.86.